The number of ether oxygens (including phenoxy) is 2. The Morgan fingerprint density at radius 2 is 1.19 bits per heavy atom. The molecule has 0 N–H and O–H groups in total. The van der Waals surface area contributed by atoms with Gasteiger partial charge in [0.05, 0.1) is 25.4 Å². The molecule has 6 fully saturated rings. The maximum absolute atomic E-state index is 5.70. The Morgan fingerprint density at radius 1 is 0.750 bits per heavy atom. The second kappa shape index (κ2) is 2.51. The van der Waals surface area contributed by atoms with Crippen LogP contribution in [0.5, 0.6) is 0 Å². The first-order valence-electron chi connectivity index (χ1n) is 7.01. The predicted octanol–water partition coefficient (Wildman–Crippen LogP) is 2.37. The average Bonchev–Trinajstić information content (AvgIpc) is 3.10. The lowest BCUT2D eigenvalue weighted by Gasteiger charge is -2.61. The van der Waals surface area contributed by atoms with E-state index in [9.17, 15) is 0 Å². The van der Waals surface area contributed by atoms with Gasteiger partial charge in [-0.15, -0.1) is 0 Å². The van der Waals surface area contributed by atoms with E-state index < -0.39 is 0 Å². The summed E-state index contributed by atoms with van der Waals surface area (Å²) >= 11 is 0. The molecule has 6 aliphatic rings. The Morgan fingerprint density at radius 3 is 1.56 bits per heavy atom. The summed E-state index contributed by atoms with van der Waals surface area (Å²) in [5.74, 6) is 2.02. The number of hydrogen-bond acceptors (Lipinski definition) is 2. The summed E-state index contributed by atoms with van der Waals surface area (Å²) < 4.78 is 11.4. The van der Waals surface area contributed by atoms with Crippen molar-refractivity contribution < 1.29 is 9.47 Å². The van der Waals surface area contributed by atoms with Gasteiger partial charge in [0.15, 0.2) is 0 Å². The first-order chi connectivity index (χ1) is 7.78. The van der Waals surface area contributed by atoms with E-state index in [1.54, 1.807) is 0 Å². The number of rotatable bonds is 2. The third kappa shape index (κ3) is 1.01. The van der Waals surface area contributed by atoms with Crippen LogP contribution >= 0.6 is 0 Å². The van der Waals surface area contributed by atoms with Crippen LogP contribution < -0.4 is 0 Å². The monoisotopic (exact) mass is 220 g/mol. The van der Waals surface area contributed by atoms with Gasteiger partial charge in [-0.25, -0.2) is 0 Å². The molecule has 0 amide bonds. The van der Waals surface area contributed by atoms with E-state index in [1.807, 2.05) is 0 Å². The number of epoxide rings is 2. The highest BCUT2D eigenvalue weighted by atomic mass is 16.6. The molecular formula is C14H20O2. The summed E-state index contributed by atoms with van der Waals surface area (Å²) in [4.78, 5) is 0. The van der Waals surface area contributed by atoms with Gasteiger partial charge in [-0.05, 0) is 61.2 Å². The molecule has 88 valence electrons. The summed E-state index contributed by atoms with van der Waals surface area (Å²) in [5, 5.41) is 0. The van der Waals surface area contributed by atoms with Gasteiger partial charge in [-0.1, -0.05) is 0 Å². The van der Waals surface area contributed by atoms with Crippen molar-refractivity contribution in [1.29, 1.82) is 0 Å². The molecule has 2 atom stereocenters. The van der Waals surface area contributed by atoms with Gasteiger partial charge in [-0.2, -0.15) is 0 Å². The molecule has 0 aromatic carbocycles. The fraction of sp³-hybridized carbons (Fsp3) is 1.00. The minimum atomic E-state index is 0.593. The fourth-order valence-electron chi connectivity index (χ4n) is 5.96. The van der Waals surface area contributed by atoms with Crippen LogP contribution in [-0.4, -0.2) is 25.4 Å². The van der Waals surface area contributed by atoms with Gasteiger partial charge in [0.2, 0.25) is 0 Å². The molecule has 16 heavy (non-hydrogen) atoms. The van der Waals surface area contributed by atoms with Crippen LogP contribution in [0.25, 0.3) is 0 Å². The zero-order chi connectivity index (χ0) is 10.4. The summed E-state index contributed by atoms with van der Waals surface area (Å²) in [7, 11) is 0. The van der Waals surface area contributed by atoms with E-state index >= 15 is 0 Å². The summed E-state index contributed by atoms with van der Waals surface area (Å²) in [5.41, 5.74) is 1.19. The van der Waals surface area contributed by atoms with Gasteiger partial charge in [0.25, 0.3) is 0 Å². The first kappa shape index (κ1) is 8.93. The molecule has 2 heteroatoms. The van der Waals surface area contributed by atoms with Crippen molar-refractivity contribution in [3.05, 3.63) is 0 Å². The van der Waals surface area contributed by atoms with Crippen LogP contribution in [-0.2, 0) is 9.47 Å². The largest absolute Gasteiger partial charge is 0.373 e. The van der Waals surface area contributed by atoms with E-state index in [0.717, 1.165) is 25.0 Å². The third-order valence-corrected chi connectivity index (χ3v) is 6.18. The van der Waals surface area contributed by atoms with Crippen molar-refractivity contribution >= 4 is 0 Å². The molecule has 4 aliphatic carbocycles. The van der Waals surface area contributed by atoms with Gasteiger partial charge in [0.1, 0.15) is 0 Å². The molecule has 2 unspecified atom stereocenters. The van der Waals surface area contributed by atoms with Crippen LogP contribution in [0.3, 0.4) is 0 Å². The molecule has 2 saturated heterocycles. The van der Waals surface area contributed by atoms with E-state index in [-0.39, 0.29) is 0 Å². The number of hydrogen-bond donors (Lipinski definition) is 0. The lowest BCUT2D eigenvalue weighted by atomic mass is 9.43. The van der Waals surface area contributed by atoms with Crippen molar-refractivity contribution in [2.45, 2.75) is 50.7 Å². The second-order valence-electron chi connectivity index (χ2n) is 7.33. The van der Waals surface area contributed by atoms with E-state index in [1.165, 1.54) is 38.5 Å². The molecule has 4 saturated carbocycles. The maximum Gasteiger partial charge on any atom is 0.0866 e. The zero-order valence-electron chi connectivity index (χ0n) is 9.78. The van der Waals surface area contributed by atoms with Crippen molar-refractivity contribution in [3.63, 3.8) is 0 Å². The average molecular weight is 220 g/mol. The second-order valence-corrected chi connectivity index (χ2v) is 7.33. The highest BCUT2D eigenvalue weighted by Gasteiger charge is 2.66. The molecule has 6 rings (SSSR count). The lowest BCUT2D eigenvalue weighted by Crippen LogP contribution is -2.56. The molecule has 4 bridgehead atoms. The van der Waals surface area contributed by atoms with E-state index in [2.05, 4.69) is 0 Å². The minimum absolute atomic E-state index is 0.593. The lowest BCUT2D eigenvalue weighted by molar-refractivity contribution is -0.129. The summed E-state index contributed by atoms with van der Waals surface area (Å²) in [6.07, 6.45) is 10.1. The quantitative estimate of drug-likeness (QED) is 0.667. The van der Waals surface area contributed by atoms with Crippen molar-refractivity contribution in [2.75, 3.05) is 13.2 Å². The molecule has 0 aromatic heterocycles. The molecule has 2 aliphatic heterocycles. The molecular weight excluding hydrogens is 200 g/mol. The highest BCUT2D eigenvalue weighted by molar-refractivity contribution is 5.15. The standard InChI is InChI=1S/C14H20O2/c1-9-2-13(11-6-15-11)4-10(1)5-14(3-9,8-13)12-7-16-12/h9-12H,1-8H2. The molecule has 2 nitrogen and oxygen atoms in total. The smallest absolute Gasteiger partial charge is 0.0866 e. The summed E-state index contributed by atoms with van der Waals surface area (Å²) in [6.45, 7) is 2.11. The molecule has 0 spiro atoms. The van der Waals surface area contributed by atoms with Crippen LogP contribution in [0.4, 0.5) is 0 Å². The van der Waals surface area contributed by atoms with Crippen LogP contribution in [0, 0.1) is 22.7 Å². The molecule has 0 radical (unpaired) electrons. The van der Waals surface area contributed by atoms with Crippen molar-refractivity contribution in [1.82, 2.24) is 0 Å². The van der Waals surface area contributed by atoms with E-state index in [0.29, 0.717) is 23.0 Å². The predicted molar refractivity (Wildman–Crippen MR) is 59.0 cm³/mol. The Bertz CT molecular complexity index is 299. The van der Waals surface area contributed by atoms with Crippen molar-refractivity contribution in [2.24, 2.45) is 22.7 Å². The van der Waals surface area contributed by atoms with E-state index in [4.69, 9.17) is 9.47 Å². The van der Waals surface area contributed by atoms with Crippen LogP contribution in [0.1, 0.15) is 38.5 Å². The maximum atomic E-state index is 5.70. The zero-order valence-corrected chi connectivity index (χ0v) is 9.78. The normalized spacial score (nSPS) is 66.0. The minimum Gasteiger partial charge on any atom is -0.373 e. The molecule has 0 aromatic rings. The van der Waals surface area contributed by atoms with Crippen LogP contribution in [0.15, 0.2) is 0 Å². The SMILES string of the molecule is C1C2CC3(C4CO4)CC1CC(C1CO1)(C2)C3. The van der Waals surface area contributed by atoms with Gasteiger partial charge >= 0.3 is 0 Å². The van der Waals surface area contributed by atoms with Crippen LogP contribution in [0.2, 0.25) is 0 Å². The van der Waals surface area contributed by atoms with Gasteiger partial charge in [0, 0.05) is 0 Å². The Kier molecular flexibility index (Phi) is 1.40. The highest BCUT2D eigenvalue weighted by Crippen LogP contribution is 2.70. The fourth-order valence-corrected chi connectivity index (χ4v) is 5.96. The molecule has 2 heterocycles. The van der Waals surface area contributed by atoms with Crippen molar-refractivity contribution in [3.8, 4) is 0 Å². The summed E-state index contributed by atoms with van der Waals surface area (Å²) in [6, 6.07) is 0. The topological polar surface area (TPSA) is 25.1 Å². The van der Waals surface area contributed by atoms with Gasteiger partial charge < -0.3 is 9.47 Å². The first-order valence-corrected chi connectivity index (χ1v) is 7.01. The Hall–Kier alpha value is -0.0800. The third-order valence-electron chi connectivity index (χ3n) is 6.18. The van der Waals surface area contributed by atoms with Gasteiger partial charge in [-0.3, -0.25) is 0 Å². The Labute approximate surface area is 96.7 Å². The Balaban J connectivity index is 1.58.